The fourth-order valence-electron chi connectivity index (χ4n) is 7.19. The standard InChI is InChI=1S/C33H44N4O6S/c1-6-19-15(2)24(36-33(19)43)11-22-16(3)20(7-9-29(38)39)25(34-22)13-26-21(8-10-30(40)41)17(4)23(35-26)12-27-31(28-14-44-28)18(5)32(42)37-27/h13,15,18,22,24,27,34-36,43H,6-12,14H2,1-5H3,(H,37,42)(H,38,39)(H,40,41)/p+1/b25-13-,31-28?/t15?,18?,22?,24-,27+/m1/s1. The van der Waals surface area contributed by atoms with Gasteiger partial charge >= 0.3 is 11.9 Å². The summed E-state index contributed by atoms with van der Waals surface area (Å²) < 4.78 is 0. The maximum atomic E-state index is 12.6. The van der Waals surface area contributed by atoms with Crippen LogP contribution in [0.2, 0.25) is 0 Å². The summed E-state index contributed by atoms with van der Waals surface area (Å²) in [7, 11) is 0. The summed E-state index contributed by atoms with van der Waals surface area (Å²) in [6, 6.07) is -0.0935. The summed E-state index contributed by atoms with van der Waals surface area (Å²) in [5.41, 5.74) is 8.74. The number of allylic oxidation sites excluding steroid dienone is 1. The Kier molecular flexibility index (Phi) is 9.25. The highest BCUT2D eigenvalue weighted by Gasteiger charge is 2.44. The molecular weight excluding hydrogens is 580 g/mol. The second-order valence-corrected chi connectivity index (χ2v) is 13.7. The van der Waals surface area contributed by atoms with E-state index in [4.69, 9.17) is 0 Å². The van der Waals surface area contributed by atoms with Gasteiger partial charge in [-0.3, -0.25) is 14.4 Å². The monoisotopic (exact) mass is 625 g/mol. The Morgan fingerprint density at radius 3 is 2.32 bits per heavy atom. The number of hydrogen-bond acceptors (Lipinski definition) is 6. The molecule has 2 saturated heterocycles. The summed E-state index contributed by atoms with van der Waals surface area (Å²) in [6.07, 6.45) is 4.78. The number of aromatic amines is 1. The molecule has 5 atom stereocenters. The van der Waals surface area contributed by atoms with Crippen molar-refractivity contribution in [3.8, 4) is 0 Å². The van der Waals surface area contributed by atoms with Gasteiger partial charge in [-0.25, -0.2) is 0 Å². The van der Waals surface area contributed by atoms with Crippen molar-refractivity contribution in [1.29, 1.82) is 0 Å². The fourth-order valence-corrected chi connectivity index (χ4v) is 7.98. The first kappa shape index (κ1) is 31.8. The van der Waals surface area contributed by atoms with Gasteiger partial charge in [0.2, 0.25) is 5.91 Å². The highest BCUT2D eigenvalue weighted by molar-refractivity contribution is 7.91. The zero-order valence-electron chi connectivity index (χ0n) is 26.1. The quantitative estimate of drug-likeness (QED) is 0.105. The smallest absolute Gasteiger partial charge is 0.303 e. The van der Waals surface area contributed by atoms with Crippen LogP contribution in [-0.2, 0) is 39.0 Å². The van der Waals surface area contributed by atoms with Crippen LogP contribution < -0.4 is 16.0 Å². The first-order valence-electron chi connectivity index (χ1n) is 15.6. The molecule has 1 aromatic rings. The first-order chi connectivity index (χ1) is 20.9. The van der Waals surface area contributed by atoms with Crippen molar-refractivity contribution >= 4 is 35.7 Å². The van der Waals surface area contributed by atoms with Crippen LogP contribution in [0.4, 0.5) is 0 Å². The third-order valence-electron chi connectivity index (χ3n) is 9.90. The van der Waals surface area contributed by atoms with Crippen molar-refractivity contribution < 1.29 is 29.7 Å². The number of carbonyl (C=O) groups is 3. The van der Waals surface area contributed by atoms with Gasteiger partial charge in [-0.1, -0.05) is 13.8 Å². The van der Waals surface area contributed by atoms with E-state index in [-0.39, 0.29) is 54.6 Å². The molecule has 0 aromatic carbocycles. The second kappa shape index (κ2) is 12.8. The molecule has 2 fully saturated rings. The number of aliphatic hydroxyl groups is 1. The van der Waals surface area contributed by atoms with Crippen LogP contribution in [0.1, 0.15) is 82.3 Å². The molecular formula is C33H45N4O6S+. The van der Waals surface area contributed by atoms with E-state index in [2.05, 4.69) is 27.9 Å². The average Bonchev–Trinajstić information content (AvgIpc) is 3.53. The molecule has 10 nitrogen and oxygen atoms in total. The van der Waals surface area contributed by atoms with E-state index in [1.165, 1.54) is 22.2 Å². The lowest BCUT2D eigenvalue weighted by Crippen LogP contribution is -2.36. The van der Waals surface area contributed by atoms with Crippen molar-refractivity contribution in [2.24, 2.45) is 11.8 Å². The summed E-state index contributed by atoms with van der Waals surface area (Å²) >= 11 is 1.29. The zero-order valence-corrected chi connectivity index (χ0v) is 27.0. The lowest BCUT2D eigenvalue weighted by Gasteiger charge is -2.23. The Morgan fingerprint density at radius 1 is 1.02 bits per heavy atom. The van der Waals surface area contributed by atoms with Crippen molar-refractivity contribution in [2.45, 2.75) is 97.7 Å². The second-order valence-electron chi connectivity index (χ2n) is 12.5. The van der Waals surface area contributed by atoms with Gasteiger partial charge in [0, 0.05) is 71.7 Å². The minimum absolute atomic E-state index is 0.00393. The molecule has 1 amide bonds. The minimum Gasteiger partial charge on any atom is -0.495 e. The third kappa shape index (κ3) is 6.43. The highest BCUT2D eigenvalue weighted by atomic mass is 32.2. The largest absolute Gasteiger partial charge is 0.495 e. The van der Waals surface area contributed by atoms with E-state index >= 15 is 0 Å². The summed E-state index contributed by atoms with van der Waals surface area (Å²) in [5, 5.41) is 39.5. The van der Waals surface area contributed by atoms with E-state index in [0.29, 0.717) is 25.7 Å². The predicted molar refractivity (Wildman–Crippen MR) is 172 cm³/mol. The molecule has 1 aromatic heterocycles. The van der Waals surface area contributed by atoms with E-state index in [0.717, 1.165) is 57.1 Å². The normalized spacial score (nSPS) is 29.0. The number of thiol groups is 1. The lowest BCUT2D eigenvalue weighted by atomic mass is 9.89. The first-order valence-corrected chi connectivity index (χ1v) is 16.7. The Bertz CT molecular complexity index is 1500. The molecule has 0 aliphatic carbocycles. The van der Waals surface area contributed by atoms with Gasteiger partial charge in [-0.05, 0) is 80.4 Å². The number of carboxylic acids is 2. The highest BCUT2D eigenvalue weighted by Crippen LogP contribution is 2.38. The number of nitrogens with one attached hydrogen (secondary N) is 4. The number of hydrogen-bond donors (Lipinski definition) is 7. The molecule has 0 radical (unpaired) electrons. The van der Waals surface area contributed by atoms with Gasteiger partial charge in [-0.2, -0.15) is 0 Å². The number of H-pyrrole nitrogens is 1. The van der Waals surface area contributed by atoms with Crippen LogP contribution in [0.5, 0.6) is 0 Å². The van der Waals surface area contributed by atoms with Crippen molar-refractivity contribution in [3.63, 3.8) is 0 Å². The van der Waals surface area contributed by atoms with Crippen LogP contribution in [0.3, 0.4) is 0 Å². The van der Waals surface area contributed by atoms with Crippen LogP contribution in [0, 0.1) is 18.8 Å². The molecule has 5 heterocycles. The maximum absolute atomic E-state index is 12.6. The Hall–Kier alpha value is -3.60. The summed E-state index contributed by atoms with van der Waals surface area (Å²) in [6.45, 7) is 10.2. The fraction of sp³-hybridized carbons (Fsp3) is 0.545. The topological polar surface area (TPSA) is 164 Å². The summed E-state index contributed by atoms with van der Waals surface area (Å²) in [5.74, 6) is -0.386. The number of carboxylic acid groups (broad SMARTS) is 2. The van der Waals surface area contributed by atoms with Crippen molar-refractivity contribution in [1.82, 2.24) is 20.9 Å². The van der Waals surface area contributed by atoms with Gasteiger partial charge in [0.1, 0.15) is 0 Å². The average molecular weight is 626 g/mol. The van der Waals surface area contributed by atoms with Gasteiger partial charge in [0.25, 0.3) is 0 Å². The van der Waals surface area contributed by atoms with Crippen LogP contribution in [-0.4, -0.2) is 62.0 Å². The van der Waals surface area contributed by atoms with E-state index in [1.54, 1.807) is 0 Å². The molecule has 4 aliphatic rings. The van der Waals surface area contributed by atoms with Gasteiger partial charge in [0.15, 0.2) is 16.5 Å². The van der Waals surface area contributed by atoms with Crippen molar-refractivity contribution in [2.75, 3.05) is 5.75 Å². The molecule has 4 aliphatic heterocycles. The van der Waals surface area contributed by atoms with Gasteiger partial charge in [-0.15, -0.1) is 0 Å². The SMILES string of the molecule is CCC1=C(O)N[C@H](CC2N/C(=C\c3[nH]c(C[C@@H]4NC(=O)C(C)C4=C4C[SH+]4)c(C)c3CCC(=O)O)C(CCC(=O)O)=C2C)C1C. The van der Waals surface area contributed by atoms with Gasteiger partial charge in [0.05, 0.1) is 12.0 Å². The molecule has 11 heteroatoms. The van der Waals surface area contributed by atoms with Crippen LogP contribution in [0.25, 0.3) is 6.08 Å². The predicted octanol–water partition coefficient (Wildman–Crippen LogP) is 3.77. The molecule has 0 spiro atoms. The number of rotatable bonds is 12. The molecule has 3 unspecified atom stereocenters. The number of aliphatic hydroxyl groups excluding tert-OH is 1. The third-order valence-corrected chi connectivity index (χ3v) is 10.8. The molecule has 0 saturated carbocycles. The van der Waals surface area contributed by atoms with E-state index in [9.17, 15) is 29.7 Å². The molecule has 44 heavy (non-hydrogen) atoms. The number of aliphatic carboxylic acids is 2. The Balaban J connectivity index is 1.46. The van der Waals surface area contributed by atoms with Crippen LogP contribution >= 0.6 is 0 Å². The summed E-state index contributed by atoms with van der Waals surface area (Å²) in [4.78, 5) is 40.7. The minimum atomic E-state index is -0.874. The Labute approximate surface area is 262 Å². The number of amides is 1. The maximum Gasteiger partial charge on any atom is 0.303 e. The molecule has 5 rings (SSSR count). The van der Waals surface area contributed by atoms with Crippen LogP contribution in [0.15, 0.2) is 38.8 Å². The molecule has 0 bridgehead atoms. The number of aromatic nitrogens is 1. The van der Waals surface area contributed by atoms with E-state index in [1.807, 2.05) is 33.8 Å². The van der Waals surface area contributed by atoms with E-state index < -0.39 is 11.9 Å². The molecule has 238 valence electrons. The number of carbonyl (C=O) groups excluding carboxylic acids is 1. The lowest BCUT2D eigenvalue weighted by molar-refractivity contribution is -0.138. The Morgan fingerprint density at radius 2 is 1.70 bits per heavy atom. The molecule has 7 N–H and O–H groups in total. The van der Waals surface area contributed by atoms with Crippen molar-refractivity contribution in [3.05, 3.63) is 61.3 Å². The zero-order chi connectivity index (χ0) is 31.9. The van der Waals surface area contributed by atoms with Gasteiger partial charge < -0.3 is 36.3 Å².